The Labute approximate surface area is 165 Å². The Kier molecular flexibility index (Phi) is 3.98. The van der Waals surface area contributed by atoms with Gasteiger partial charge in [-0.3, -0.25) is 10.1 Å². The minimum atomic E-state index is -0.214. The second-order valence-electron chi connectivity index (χ2n) is 7.07. The number of aromatic nitrogens is 3. The van der Waals surface area contributed by atoms with Gasteiger partial charge < -0.3 is 4.52 Å². The first-order valence-corrected chi connectivity index (χ1v) is 10.0. The summed E-state index contributed by atoms with van der Waals surface area (Å²) in [5.41, 5.74) is 4.51. The van der Waals surface area contributed by atoms with Gasteiger partial charge in [0.25, 0.3) is 11.6 Å². The quantitative estimate of drug-likeness (QED) is 0.525. The summed E-state index contributed by atoms with van der Waals surface area (Å²) in [6.07, 6.45) is 2.19. The first-order chi connectivity index (χ1) is 13.6. The van der Waals surface area contributed by atoms with E-state index in [1.807, 2.05) is 50.2 Å². The Hall–Kier alpha value is -3.06. The highest BCUT2D eigenvalue weighted by atomic mass is 32.1. The topological polar surface area (TPSA) is 80.9 Å². The van der Waals surface area contributed by atoms with Crippen LogP contribution in [0.3, 0.4) is 0 Å². The predicted octanol–water partition coefficient (Wildman–Crippen LogP) is 5.09. The molecule has 6 nitrogen and oxygen atoms in total. The molecular formula is C21H18N4O2S. The fourth-order valence-electron chi connectivity index (χ4n) is 3.35. The molecule has 0 spiro atoms. The third-order valence-corrected chi connectivity index (χ3v) is 6.05. The lowest BCUT2D eigenvalue weighted by Crippen LogP contribution is -2.13. The lowest BCUT2D eigenvalue weighted by molar-refractivity contribution is 0.102. The monoisotopic (exact) mass is 390 g/mol. The molecule has 0 saturated heterocycles. The van der Waals surface area contributed by atoms with Crippen LogP contribution in [-0.2, 0) is 0 Å². The highest BCUT2D eigenvalue weighted by Crippen LogP contribution is 2.40. The summed E-state index contributed by atoms with van der Waals surface area (Å²) < 4.78 is 5.34. The number of hydrogen-bond donors (Lipinski definition) is 1. The molecule has 7 heteroatoms. The van der Waals surface area contributed by atoms with E-state index in [2.05, 4.69) is 20.4 Å². The van der Waals surface area contributed by atoms with Crippen molar-refractivity contribution in [1.82, 2.24) is 15.1 Å². The van der Waals surface area contributed by atoms with Gasteiger partial charge in [0.1, 0.15) is 0 Å². The summed E-state index contributed by atoms with van der Waals surface area (Å²) in [4.78, 5) is 23.2. The molecule has 1 aliphatic rings. The van der Waals surface area contributed by atoms with Crippen LogP contribution in [0.4, 0.5) is 5.13 Å². The van der Waals surface area contributed by atoms with E-state index in [4.69, 9.17) is 4.52 Å². The number of aryl methyl sites for hydroxylation is 2. The van der Waals surface area contributed by atoms with Crippen LogP contribution in [0.5, 0.6) is 0 Å². The van der Waals surface area contributed by atoms with Crippen LogP contribution in [0, 0.1) is 13.8 Å². The Bertz CT molecular complexity index is 1190. The summed E-state index contributed by atoms with van der Waals surface area (Å²) in [7, 11) is 0. The van der Waals surface area contributed by atoms with Crippen LogP contribution in [0.25, 0.3) is 21.5 Å². The van der Waals surface area contributed by atoms with Gasteiger partial charge in [0, 0.05) is 11.6 Å². The van der Waals surface area contributed by atoms with E-state index in [1.54, 1.807) is 0 Å². The number of nitrogens with one attached hydrogen (secondary N) is 1. The van der Waals surface area contributed by atoms with Gasteiger partial charge in [-0.2, -0.15) is 0 Å². The Morgan fingerprint density at radius 3 is 2.68 bits per heavy atom. The van der Waals surface area contributed by atoms with Crippen LogP contribution < -0.4 is 5.32 Å². The van der Waals surface area contributed by atoms with Gasteiger partial charge in [-0.25, -0.2) is 9.97 Å². The van der Waals surface area contributed by atoms with E-state index < -0.39 is 0 Å². The number of carbonyl (C=O) groups excluding carboxylic acids is 1. The Balaban J connectivity index is 1.50. The Morgan fingerprint density at radius 1 is 1.14 bits per heavy atom. The largest absolute Gasteiger partial charge is 0.336 e. The summed E-state index contributed by atoms with van der Waals surface area (Å²) in [6.45, 7) is 3.77. The van der Waals surface area contributed by atoms with Crippen molar-refractivity contribution < 1.29 is 9.32 Å². The van der Waals surface area contributed by atoms with Crippen LogP contribution in [0.1, 0.15) is 46.2 Å². The smallest absolute Gasteiger partial charge is 0.259 e. The summed E-state index contributed by atoms with van der Waals surface area (Å²) in [6, 6.07) is 11.9. The number of anilines is 1. The third-order valence-electron chi connectivity index (χ3n) is 4.93. The van der Waals surface area contributed by atoms with Gasteiger partial charge in [-0.05, 0) is 38.3 Å². The first kappa shape index (κ1) is 17.1. The molecule has 0 radical (unpaired) electrons. The van der Waals surface area contributed by atoms with Crippen LogP contribution in [0.15, 0.2) is 40.9 Å². The van der Waals surface area contributed by atoms with Crippen molar-refractivity contribution in [2.45, 2.75) is 32.6 Å². The normalized spacial score (nSPS) is 13.8. The van der Waals surface area contributed by atoms with Crippen molar-refractivity contribution in [1.29, 1.82) is 0 Å². The number of amides is 1. The molecule has 1 N–H and O–H groups in total. The fourth-order valence-corrected chi connectivity index (χ4v) is 4.32. The van der Waals surface area contributed by atoms with Gasteiger partial charge in [0.2, 0.25) is 0 Å². The number of pyridine rings is 1. The lowest BCUT2D eigenvalue weighted by Gasteiger charge is -2.05. The van der Waals surface area contributed by atoms with E-state index >= 15 is 0 Å². The minimum absolute atomic E-state index is 0.214. The number of rotatable bonds is 4. The Morgan fingerprint density at radius 2 is 1.93 bits per heavy atom. The van der Waals surface area contributed by atoms with Gasteiger partial charge in [0.05, 0.1) is 27.2 Å². The van der Waals surface area contributed by atoms with E-state index in [1.165, 1.54) is 11.3 Å². The first-order valence-electron chi connectivity index (χ1n) is 9.21. The molecule has 1 fully saturated rings. The molecule has 4 aromatic rings. The minimum Gasteiger partial charge on any atom is -0.336 e. The maximum absolute atomic E-state index is 13.1. The average Bonchev–Trinajstić information content (AvgIpc) is 3.40. The SMILES string of the molecule is Cc1nc(NC(=O)c2cc(C3CC3)nc3onc(C)c23)sc1-c1ccccc1. The maximum atomic E-state index is 13.1. The molecule has 1 aromatic carbocycles. The molecule has 1 aliphatic carbocycles. The van der Waals surface area contributed by atoms with E-state index in [0.717, 1.165) is 34.7 Å². The second-order valence-corrected chi connectivity index (χ2v) is 8.07. The van der Waals surface area contributed by atoms with Gasteiger partial charge in [-0.1, -0.05) is 46.8 Å². The number of benzene rings is 1. The summed E-state index contributed by atoms with van der Waals surface area (Å²) in [5.74, 6) is 0.196. The van der Waals surface area contributed by atoms with Crippen molar-refractivity contribution in [3.05, 3.63) is 59.0 Å². The molecule has 0 bridgehead atoms. The third kappa shape index (κ3) is 2.97. The van der Waals surface area contributed by atoms with Crippen molar-refractivity contribution in [3.63, 3.8) is 0 Å². The highest BCUT2D eigenvalue weighted by Gasteiger charge is 2.29. The number of carbonyl (C=O) groups is 1. The molecule has 28 heavy (non-hydrogen) atoms. The number of fused-ring (bicyclic) bond motifs is 1. The van der Waals surface area contributed by atoms with Crippen LogP contribution in [0.2, 0.25) is 0 Å². The zero-order valence-corrected chi connectivity index (χ0v) is 16.3. The average molecular weight is 390 g/mol. The molecule has 3 aromatic heterocycles. The maximum Gasteiger partial charge on any atom is 0.259 e. The fraction of sp³-hybridized carbons (Fsp3) is 0.238. The van der Waals surface area contributed by atoms with Crippen molar-refractivity contribution in [2.24, 2.45) is 0 Å². The van der Waals surface area contributed by atoms with Crippen LogP contribution in [-0.4, -0.2) is 21.0 Å². The molecule has 140 valence electrons. The molecule has 3 heterocycles. The summed E-state index contributed by atoms with van der Waals surface area (Å²) >= 11 is 1.47. The van der Waals surface area contributed by atoms with Crippen LogP contribution >= 0.6 is 11.3 Å². The molecule has 1 amide bonds. The molecule has 5 rings (SSSR count). The van der Waals surface area contributed by atoms with E-state index in [-0.39, 0.29) is 5.91 Å². The molecule has 0 atom stereocenters. The number of nitrogens with zero attached hydrogens (tertiary/aromatic N) is 3. The zero-order chi connectivity index (χ0) is 19.3. The lowest BCUT2D eigenvalue weighted by atomic mass is 10.1. The standard InChI is InChI=1S/C21H18N4O2S/c1-11-17-15(10-16(13-8-9-13)23-20(17)27-25-11)19(26)24-21-22-12(2)18(28-21)14-6-4-3-5-7-14/h3-7,10,13H,8-9H2,1-2H3,(H,22,24,26). The molecular weight excluding hydrogens is 372 g/mol. The second kappa shape index (κ2) is 6.53. The summed E-state index contributed by atoms with van der Waals surface area (Å²) in [5, 5.41) is 8.19. The zero-order valence-electron chi connectivity index (χ0n) is 15.5. The molecule has 1 saturated carbocycles. The van der Waals surface area contributed by atoms with Gasteiger partial charge in [0.15, 0.2) is 5.13 Å². The van der Waals surface area contributed by atoms with Crippen molar-refractivity contribution in [2.75, 3.05) is 5.32 Å². The molecule has 0 unspecified atom stereocenters. The van der Waals surface area contributed by atoms with Crippen molar-refractivity contribution >= 4 is 33.5 Å². The van der Waals surface area contributed by atoms with Gasteiger partial charge in [-0.15, -0.1) is 0 Å². The molecule has 0 aliphatic heterocycles. The van der Waals surface area contributed by atoms with E-state index in [0.29, 0.717) is 33.4 Å². The van der Waals surface area contributed by atoms with Crippen molar-refractivity contribution in [3.8, 4) is 10.4 Å². The van der Waals surface area contributed by atoms with E-state index in [9.17, 15) is 4.79 Å². The number of hydrogen-bond acceptors (Lipinski definition) is 6. The number of thiazole rings is 1. The van der Waals surface area contributed by atoms with Gasteiger partial charge >= 0.3 is 0 Å². The highest BCUT2D eigenvalue weighted by molar-refractivity contribution is 7.19. The predicted molar refractivity (Wildman–Crippen MR) is 109 cm³/mol.